The van der Waals surface area contributed by atoms with Crippen molar-refractivity contribution in [1.82, 2.24) is 9.97 Å². The van der Waals surface area contributed by atoms with Crippen molar-refractivity contribution in [2.45, 2.75) is 0 Å². The second-order valence-electron chi connectivity index (χ2n) is 4.10. The number of H-pyrrole nitrogens is 1. The number of aromatic amines is 1. The van der Waals surface area contributed by atoms with Crippen LogP contribution in [0.2, 0.25) is 0 Å². The quantitative estimate of drug-likeness (QED) is 0.512. The monoisotopic (exact) mass is 443 g/mol. The van der Waals surface area contributed by atoms with E-state index in [-0.39, 0.29) is 0 Å². The molecule has 0 fully saturated rings. The molecule has 3 nitrogen and oxygen atoms in total. The zero-order valence-corrected chi connectivity index (χ0v) is 14.3. The molecule has 0 bridgehead atoms. The molecule has 0 aliphatic rings. The summed E-state index contributed by atoms with van der Waals surface area (Å²) in [5.41, 5.74) is 9.33. The van der Waals surface area contributed by atoms with Crippen LogP contribution in [-0.2, 0) is 0 Å². The van der Waals surface area contributed by atoms with E-state index in [1.54, 1.807) is 0 Å². The first kappa shape index (κ1) is 13.1. The predicted octanol–water partition coefficient (Wildman–Crippen LogP) is 5.10. The van der Waals surface area contributed by atoms with Crippen molar-refractivity contribution < 1.29 is 0 Å². The lowest BCUT2D eigenvalue weighted by atomic mass is 10.2. The van der Waals surface area contributed by atoms with E-state index >= 15 is 0 Å². The van der Waals surface area contributed by atoms with Crippen LogP contribution >= 0.6 is 47.8 Å². The Morgan fingerprint density at radius 2 is 1.79 bits per heavy atom. The van der Waals surface area contributed by atoms with Gasteiger partial charge in [-0.1, -0.05) is 31.9 Å². The number of benzene rings is 2. The molecule has 6 heteroatoms. The minimum atomic E-state index is 0.653. The fourth-order valence-electron chi connectivity index (χ4n) is 1.92. The minimum Gasteiger partial charge on any atom is -0.397 e. The number of rotatable bonds is 1. The van der Waals surface area contributed by atoms with Crippen LogP contribution in [0.25, 0.3) is 22.4 Å². The smallest absolute Gasteiger partial charge is 0.139 e. The molecular weight excluding hydrogens is 438 g/mol. The highest BCUT2D eigenvalue weighted by atomic mass is 79.9. The number of hydrogen-bond acceptors (Lipinski definition) is 2. The second-order valence-corrected chi connectivity index (χ2v) is 6.79. The van der Waals surface area contributed by atoms with Crippen LogP contribution in [0.3, 0.4) is 0 Å². The van der Waals surface area contributed by atoms with Crippen molar-refractivity contribution in [2.75, 3.05) is 5.73 Å². The first-order chi connectivity index (χ1) is 9.04. The Morgan fingerprint density at radius 1 is 1.00 bits per heavy atom. The maximum atomic E-state index is 5.98. The Balaban J connectivity index is 2.23. The largest absolute Gasteiger partial charge is 0.397 e. The molecule has 1 aromatic heterocycles. The number of hydrogen-bond donors (Lipinski definition) is 2. The van der Waals surface area contributed by atoms with E-state index in [0.717, 1.165) is 35.8 Å². The van der Waals surface area contributed by atoms with Gasteiger partial charge in [-0.2, -0.15) is 0 Å². The lowest BCUT2D eigenvalue weighted by Crippen LogP contribution is -1.86. The number of aromatic nitrogens is 2. The normalized spacial score (nSPS) is 11.1. The first-order valence-corrected chi connectivity index (χ1v) is 7.82. The van der Waals surface area contributed by atoms with Crippen molar-refractivity contribution >= 4 is 64.5 Å². The topological polar surface area (TPSA) is 54.7 Å². The van der Waals surface area contributed by atoms with Gasteiger partial charge < -0.3 is 10.7 Å². The number of nitrogens with zero attached hydrogens (tertiary/aromatic N) is 1. The summed E-state index contributed by atoms with van der Waals surface area (Å²) < 4.78 is 2.92. The maximum Gasteiger partial charge on any atom is 0.139 e. The van der Waals surface area contributed by atoms with Gasteiger partial charge in [-0.05, 0) is 46.3 Å². The highest BCUT2D eigenvalue weighted by molar-refractivity contribution is 9.11. The molecule has 3 N–H and O–H groups in total. The predicted molar refractivity (Wildman–Crippen MR) is 89.0 cm³/mol. The molecule has 0 saturated carbocycles. The molecule has 0 aliphatic heterocycles. The summed E-state index contributed by atoms with van der Waals surface area (Å²) in [4.78, 5) is 7.85. The summed E-state index contributed by atoms with van der Waals surface area (Å²) in [6.45, 7) is 0. The molecule has 0 unspecified atom stereocenters. The Kier molecular flexibility index (Phi) is 3.41. The standard InChI is InChI=1S/C13H8Br3N3/c14-6-1-2-8(9(16)3-6)13-18-11-5-7(15)4-10(17)12(11)19-13/h1-5H,17H2,(H,18,19). The van der Waals surface area contributed by atoms with Crippen molar-refractivity contribution in [3.63, 3.8) is 0 Å². The zero-order chi connectivity index (χ0) is 13.6. The van der Waals surface area contributed by atoms with Crippen molar-refractivity contribution in [2.24, 2.45) is 0 Å². The maximum absolute atomic E-state index is 5.98. The Hall–Kier alpha value is -0.850. The average Bonchev–Trinajstić information content (AvgIpc) is 2.72. The molecule has 0 saturated heterocycles. The molecule has 0 aliphatic carbocycles. The van der Waals surface area contributed by atoms with Gasteiger partial charge in [0, 0.05) is 19.0 Å². The van der Waals surface area contributed by atoms with Gasteiger partial charge in [0.05, 0.1) is 11.2 Å². The van der Waals surface area contributed by atoms with E-state index in [4.69, 9.17) is 5.73 Å². The number of nitrogen functional groups attached to an aromatic ring is 1. The van der Waals surface area contributed by atoms with Crippen LogP contribution in [0.15, 0.2) is 43.7 Å². The van der Waals surface area contributed by atoms with Gasteiger partial charge in [0.25, 0.3) is 0 Å². The van der Waals surface area contributed by atoms with Crippen molar-refractivity contribution in [1.29, 1.82) is 0 Å². The number of anilines is 1. The number of imidazole rings is 1. The summed E-state index contributed by atoms with van der Waals surface area (Å²) in [6, 6.07) is 9.78. The second kappa shape index (κ2) is 4.92. The Bertz CT molecular complexity index is 780. The van der Waals surface area contributed by atoms with Crippen LogP contribution in [0.5, 0.6) is 0 Å². The van der Waals surface area contributed by atoms with Crippen LogP contribution < -0.4 is 5.73 Å². The third-order valence-electron chi connectivity index (χ3n) is 2.77. The van der Waals surface area contributed by atoms with Gasteiger partial charge in [-0.25, -0.2) is 4.98 Å². The summed E-state index contributed by atoms with van der Waals surface area (Å²) in [5.74, 6) is 0.791. The van der Waals surface area contributed by atoms with Gasteiger partial charge in [-0.15, -0.1) is 0 Å². The van der Waals surface area contributed by atoms with Crippen LogP contribution in [0, 0.1) is 0 Å². The SMILES string of the molecule is Nc1cc(Br)cc2[nH]c(-c3ccc(Br)cc3Br)nc12. The summed E-state index contributed by atoms with van der Waals surface area (Å²) in [6.07, 6.45) is 0. The van der Waals surface area contributed by atoms with Crippen molar-refractivity contribution in [3.8, 4) is 11.4 Å². The number of nitrogens with one attached hydrogen (secondary N) is 1. The minimum absolute atomic E-state index is 0.653. The van der Waals surface area contributed by atoms with Gasteiger partial charge >= 0.3 is 0 Å². The van der Waals surface area contributed by atoms with Crippen molar-refractivity contribution in [3.05, 3.63) is 43.7 Å². The van der Waals surface area contributed by atoms with E-state index in [2.05, 4.69) is 57.8 Å². The number of halogens is 3. The molecule has 0 amide bonds. The highest BCUT2D eigenvalue weighted by Gasteiger charge is 2.11. The molecule has 0 atom stereocenters. The van der Waals surface area contributed by atoms with Gasteiger partial charge in [0.1, 0.15) is 11.3 Å². The van der Waals surface area contributed by atoms with Gasteiger partial charge in [0.15, 0.2) is 0 Å². The molecule has 2 aromatic carbocycles. The Labute approximate surface area is 135 Å². The van der Waals surface area contributed by atoms with Crippen LogP contribution in [-0.4, -0.2) is 9.97 Å². The van der Waals surface area contributed by atoms with Gasteiger partial charge in [0.2, 0.25) is 0 Å². The molecule has 3 aromatic rings. The molecule has 3 rings (SSSR count). The average molecular weight is 446 g/mol. The van der Waals surface area contributed by atoms with Gasteiger partial charge in [-0.3, -0.25) is 0 Å². The fourth-order valence-corrected chi connectivity index (χ4v) is 3.63. The third-order valence-corrected chi connectivity index (χ3v) is 4.37. The molecule has 1 heterocycles. The molecule has 0 spiro atoms. The summed E-state index contributed by atoms with van der Waals surface area (Å²) in [7, 11) is 0. The number of nitrogens with two attached hydrogens (primary N) is 1. The summed E-state index contributed by atoms with van der Waals surface area (Å²) in [5, 5.41) is 0. The zero-order valence-electron chi connectivity index (χ0n) is 9.55. The molecule has 96 valence electrons. The van der Waals surface area contributed by atoms with E-state index in [1.165, 1.54) is 0 Å². The number of fused-ring (bicyclic) bond motifs is 1. The molecule has 19 heavy (non-hydrogen) atoms. The Morgan fingerprint density at radius 3 is 2.53 bits per heavy atom. The molecular formula is C13H8Br3N3. The van der Waals surface area contributed by atoms with E-state index in [0.29, 0.717) is 5.69 Å². The van der Waals surface area contributed by atoms with E-state index in [1.807, 2.05) is 30.3 Å². The first-order valence-electron chi connectivity index (χ1n) is 5.45. The van der Waals surface area contributed by atoms with Crippen LogP contribution in [0.1, 0.15) is 0 Å². The third kappa shape index (κ3) is 2.44. The lowest BCUT2D eigenvalue weighted by molar-refractivity contribution is 1.33. The summed E-state index contributed by atoms with van der Waals surface area (Å²) >= 11 is 10.4. The van der Waals surface area contributed by atoms with E-state index < -0.39 is 0 Å². The fraction of sp³-hybridized carbons (Fsp3) is 0. The highest BCUT2D eigenvalue weighted by Crippen LogP contribution is 2.32. The lowest BCUT2D eigenvalue weighted by Gasteiger charge is -2.00. The molecule has 0 radical (unpaired) electrons. The van der Waals surface area contributed by atoms with E-state index in [9.17, 15) is 0 Å². The van der Waals surface area contributed by atoms with Crippen LogP contribution in [0.4, 0.5) is 5.69 Å².